The van der Waals surface area contributed by atoms with Crippen molar-refractivity contribution in [3.63, 3.8) is 0 Å². The van der Waals surface area contributed by atoms with Crippen molar-refractivity contribution < 1.29 is 13.9 Å². The molecule has 0 unspecified atom stereocenters. The Morgan fingerprint density at radius 2 is 1.69 bits per heavy atom. The summed E-state index contributed by atoms with van der Waals surface area (Å²) in [5.74, 6) is 0.774. The summed E-state index contributed by atoms with van der Waals surface area (Å²) in [6, 6.07) is 20.8. The number of halogens is 1. The van der Waals surface area contributed by atoms with Crippen molar-refractivity contribution in [2.75, 3.05) is 44.2 Å². The molecule has 39 heavy (non-hydrogen) atoms. The Balaban J connectivity index is 1.20. The monoisotopic (exact) mass is 529 g/mol. The number of benzene rings is 3. The predicted octanol–water partition coefficient (Wildman–Crippen LogP) is 3.75. The zero-order chi connectivity index (χ0) is 27.2. The number of carbonyl (C=O) groups is 1. The number of rotatable bonds is 9. The Kier molecular flexibility index (Phi) is 8.17. The van der Waals surface area contributed by atoms with Crippen LogP contribution in [-0.4, -0.2) is 59.7 Å². The van der Waals surface area contributed by atoms with Crippen LogP contribution in [-0.2, 0) is 11.3 Å². The average Bonchev–Trinajstić information content (AvgIpc) is 2.96. The number of hydrogen-bond acceptors (Lipinski definition) is 6. The first-order valence-corrected chi connectivity index (χ1v) is 13.3. The fourth-order valence-electron chi connectivity index (χ4n) is 4.89. The zero-order valence-corrected chi connectivity index (χ0v) is 22.0. The second kappa shape index (κ2) is 12.1. The molecule has 202 valence electrons. The molecule has 0 atom stereocenters. The lowest BCUT2D eigenvalue weighted by molar-refractivity contribution is -0.121. The molecule has 4 aromatic rings. The second-order valence-corrected chi connectivity index (χ2v) is 9.42. The molecule has 2 heterocycles. The summed E-state index contributed by atoms with van der Waals surface area (Å²) in [6.07, 6.45) is 0.337. The van der Waals surface area contributed by atoms with Crippen LogP contribution in [0.15, 0.2) is 77.6 Å². The molecule has 0 aliphatic carbocycles. The van der Waals surface area contributed by atoms with Gasteiger partial charge in [-0.1, -0.05) is 24.3 Å². The molecule has 1 fully saturated rings. The van der Waals surface area contributed by atoms with Gasteiger partial charge in [0.05, 0.1) is 35.4 Å². The number of hydrogen-bond donors (Lipinski definition) is 1. The SMILES string of the molecule is CCOc1ccccc1N1CCN(CCC(=O)NCc2nc3ccccc3c(=O)n2-c2ccc(F)cc2)CC1. The number of ether oxygens (including phenoxy) is 1. The number of para-hydroxylation sites is 3. The van der Waals surface area contributed by atoms with Crippen molar-refractivity contribution in [2.45, 2.75) is 19.9 Å². The Bertz CT molecular complexity index is 1500. The molecule has 1 aromatic heterocycles. The van der Waals surface area contributed by atoms with E-state index in [1.165, 1.54) is 28.8 Å². The number of amides is 1. The molecule has 1 saturated heterocycles. The van der Waals surface area contributed by atoms with E-state index in [-0.39, 0.29) is 18.0 Å². The third kappa shape index (κ3) is 6.09. The van der Waals surface area contributed by atoms with E-state index in [2.05, 4.69) is 26.2 Å². The van der Waals surface area contributed by atoms with Crippen molar-refractivity contribution >= 4 is 22.5 Å². The van der Waals surface area contributed by atoms with Crippen LogP contribution in [0.25, 0.3) is 16.6 Å². The van der Waals surface area contributed by atoms with Crippen molar-refractivity contribution in [1.82, 2.24) is 19.8 Å². The van der Waals surface area contributed by atoms with Gasteiger partial charge < -0.3 is 15.0 Å². The molecule has 5 rings (SSSR count). The normalized spacial score (nSPS) is 13.9. The maximum absolute atomic E-state index is 13.5. The standard InChI is InChI=1S/C30H32FN5O3/c1-2-39-27-10-6-5-9-26(27)35-19-17-34(18-20-35)16-15-29(37)32-21-28-33-25-8-4-3-7-24(25)30(38)36(28)23-13-11-22(31)12-14-23/h3-14H,2,15-21H2,1H3,(H,32,37). The van der Waals surface area contributed by atoms with E-state index in [9.17, 15) is 14.0 Å². The third-order valence-corrected chi connectivity index (χ3v) is 6.91. The smallest absolute Gasteiger partial charge is 0.266 e. The van der Waals surface area contributed by atoms with Gasteiger partial charge in [0.25, 0.3) is 5.56 Å². The van der Waals surface area contributed by atoms with Crippen molar-refractivity contribution in [3.8, 4) is 11.4 Å². The molecular weight excluding hydrogens is 497 g/mol. The van der Waals surface area contributed by atoms with Gasteiger partial charge in [0.15, 0.2) is 0 Å². The molecule has 8 nitrogen and oxygen atoms in total. The highest BCUT2D eigenvalue weighted by Gasteiger charge is 2.20. The first-order valence-electron chi connectivity index (χ1n) is 13.3. The fourth-order valence-corrected chi connectivity index (χ4v) is 4.89. The average molecular weight is 530 g/mol. The largest absolute Gasteiger partial charge is 0.492 e. The van der Waals surface area contributed by atoms with Gasteiger partial charge in [-0.25, -0.2) is 9.37 Å². The molecule has 1 N–H and O–H groups in total. The number of nitrogens with zero attached hydrogens (tertiary/aromatic N) is 4. The molecular formula is C30H32FN5O3. The molecule has 0 bridgehead atoms. The lowest BCUT2D eigenvalue weighted by Gasteiger charge is -2.36. The topological polar surface area (TPSA) is 79.7 Å². The molecule has 1 amide bonds. The number of piperazine rings is 1. The van der Waals surface area contributed by atoms with E-state index < -0.39 is 5.82 Å². The Morgan fingerprint density at radius 3 is 2.46 bits per heavy atom. The summed E-state index contributed by atoms with van der Waals surface area (Å²) in [6.45, 7) is 6.75. The van der Waals surface area contributed by atoms with Gasteiger partial charge in [0.1, 0.15) is 17.4 Å². The van der Waals surface area contributed by atoms with Crippen LogP contribution in [0.4, 0.5) is 10.1 Å². The van der Waals surface area contributed by atoms with E-state index in [1.54, 1.807) is 18.2 Å². The molecule has 0 spiro atoms. The Labute approximate surface area is 226 Å². The number of anilines is 1. The minimum absolute atomic E-state index is 0.0816. The summed E-state index contributed by atoms with van der Waals surface area (Å²) in [4.78, 5) is 35.3. The highest BCUT2D eigenvalue weighted by atomic mass is 19.1. The highest BCUT2D eigenvalue weighted by Crippen LogP contribution is 2.28. The lowest BCUT2D eigenvalue weighted by atomic mass is 10.2. The fraction of sp³-hybridized carbons (Fsp3) is 0.300. The van der Waals surface area contributed by atoms with E-state index in [1.807, 2.05) is 31.2 Å². The van der Waals surface area contributed by atoms with Crippen LogP contribution in [0.2, 0.25) is 0 Å². The molecule has 0 radical (unpaired) electrons. The summed E-state index contributed by atoms with van der Waals surface area (Å²) in [5, 5.41) is 3.38. The van der Waals surface area contributed by atoms with Gasteiger partial charge in [-0.05, 0) is 55.5 Å². The van der Waals surface area contributed by atoms with E-state index in [0.29, 0.717) is 42.0 Å². The van der Waals surface area contributed by atoms with Crippen molar-refractivity contribution in [1.29, 1.82) is 0 Å². The summed E-state index contributed by atoms with van der Waals surface area (Å²) < 4.78 is 20.7. The maximum Gasteiger partial charge on any atom is 0.266 e. The first kappa shape index (κ1) is 26.4. The predicted molar refractivity (Wildman–Crippen MR) is 150 cm³/mol. The van der Waals surface area contributed by atoms with E-state index >= 15 is 0 Å². The first-order chi connectivity index (χ1) is 19.0. The van der Waals surface area contributed by atoms with Gasteiger partial charge in [0.2, 0.25) is 5.91 Å². The number of nitrogens with one attached hydrogen (secondary N) is 1. The zero-order valence-electron chi connectivity index (χ0n) is 22.0. The van der Waals surface area contributed by atoms with Gasteiger partial charge in [0, 0.05) is 39.1 Å². The quantitative estimate of drug-likeness (QED) is 0.356. The minimum Gasteiger partial charge on any atom is -0.492 e. The van der Waals surface area contributed by atoms with Gasteiger partial charge >= 0.3 is 0 Å². The second-order valence-electron chi connectivity index (χ2n) is 9.42. The highest BCUT2D eigenvalue weighted by molar-refractivity contribution is 5.78. The van der Waals surface area contributed by atoms with E-state index in [0.717, 1.165) is 37.6 Å². The maximum atomic E-state index is 13.5. The summed E-state index contributed by atoms with van der Waals surface area (Å²) in [7, 11) is 0. The third-order valence-electron chi connectivity index (χ3n) is 6.91. The number of carbonyl (C=O) groups excluding carboxylic acids is 1. The molecule has 0 saturated carbocycles. The van der Waals surface area contributed by atoms with Crippen LogP contribution in [0.5, 0.6) is 5.75 Å². The molecule has 1 aliphatic rings. The van der Waals surface area contributed by atoms with Crippen LogP contribution < -0.4 is 20.5 Å². The van der Waals surface area contributed by atoms with Crippen LogP contribution in [0, 0.1) is 5.82 Å². The summed E-state index contributed by atoms with van der Waals surface area (Å²) >= 11 is 0. The molecule has 3 aromatic carbocycles. The van der Waals surface area contributed by atoms with Crippen LogP contribution in [0.3, 0.4) is 0 Å². The lowest BCUT2D eigenvalue weighted by Crippen LogP contribution is -2.47. The Hall–Kier alpha value is -4.24. The minimum atomic E-state index is -0.394. The van der Waals surface area contributed by atoms with Crippen molar-refractivity contribution in [3.05, 3.63) is 94.8 Å². The van der Waals surface area contributed by atoms with Crippen LogP contribution >= 0.6 is 0 Å². The number of fused-ring (bicyclic) bond motifs is 1. The molecule has 1 aliphatic heterocycles. The Morgan fingerprint density at radius 1 is 0.974 bits per heavy atom. The van der Waals surface area contributed by atoms with E-state index in [4.69, 9.17) is 4.74 Å². The summed E-state index contributed by atoms with van der Waals surface area (Å²) in [5.41, 5.74) is 1.88. The van der Waals surface area contributed by atoms with Gasteiger partial charge in [-0.15, -0.1) is 0 Å². The number of aromatic nitrogens is 2. The molecule has 9 heteroatoms. The van der Waals surface area contributed by atoms with Crippen LogP contribution in [0.1, 0.15) is 19.2 Å². The van der Waals surface area contributed by atoms with Gasteiger partial charge in [-0.3, -0.25) is 19.1 Å². The van der Waals surface area contributed by atoms with Crippen molar-refractivity contribution in [2.24, 2.45) is 0 Å². The van der Waals surface area contributed by atoms with Gasteiger partial charge in [-0.2, -0.15) is 0 Å².